The van der Waals surface area contributed by atoms with Gasteiger partial charge in [-0.1, -0.05) is 47.5 Å². The van der Waals surface area contributed by atoms with Gasteiger partial charge >= 0.3 is 0 Å². The number of fused-ring (bicyclic) bond motifs is 1. The van der Waals surface area contributed by atoms with E-state index in [-0.39, 0.29) is 24.4 Å². The molecule has 2 amide bonds. The number of carbonyl (C=O) groups excluding carboxylic acids is 2. The predicted octanol–water partition coefficient (Wildman–Crippen LogP) is 5.71. The van der Waals surface area contributed by atoms with Gasteiger partial charge in [-0.3, -0.25) is 9.59 Å². The second kappa shape index (κ2) is 11.4. The van der Waals surface area contributed by atoms with Crippen molar-refractivity contribution in [2.24, 2.45) is 0 Å². The van der Waals surface area contributed by atoms with E-state index in [0.29, 0.717) is 41.7 Å². The molecule has 0 N–H and O–H groups in total. The molecule has 1 aliphatic heterocycles. The quantitative estimate of drug-likeness (QED) is 0.360. The van der Waals surface area contributed by atoms with Crippen LogP contribution < -0.4 is 0 Å². The van der Waals surface area contributed by atoms with Gasteiger partial charge in [-0.25, -0.2) is 0 Å². The molecule has 0 saturated carbocycles. The molecule has 3 aromatic rings. The van der Waals surface area contributed by atoms with Crippen LogP contribution in [0.25, 0.3) is 0 Å². The van der Waals surface area contributed by atoms with Crippen molar-refractivity contribution in [2.45, 2.75) is 18.9 Å². The highest BCUT2D eigenvalue weighted by Gasteiger charge is 2.35. The van der Waals surface area contributed by atoms with Crippen LogP contribution in [0.5, 0.6) is 0 Å². The third kappa shape index (κ3) is 5.47. The van der Waals surface area contributed by atoms with Crippen LogP contribution in [0.2, 0.25) is 10.0 Å². The van der Waals surface area contributed by atoms with Gasteiger partial charge in [0, 0.05) is 47.3 Å². The molecule has 8 heteroatoms. The van der Waals surface area contributed by atoms with Gasteiger partial charge in [-0.15, -0.1) is 11.3 Å². The van der Waals surface area contributed by atoms with Crippen molar-refractivity contribution in [3.05, 3.63) is 91.6 Å². The lowest BCUT2D eigenvalue weighted by Gasteiger charge is -2.38. The Labute approximate surface area is 213 Å². The molecule has 4 rings (SSSR count). The summed E-state index contributed by atoms with van der Waals surface area (Å²) < 4.78 is 5.17. The van der Waals surface area contributed by atoms with Gasteiger partial charge in [-0.2, -0.15) is 0 Å². The zero-order valence-corrected chi connectivity index (χ0v) is 21.2. The Kier molecular flexibility index (Phi) is 8.27. The van der Waals surface area contributed by atoms with Crippen molar-refractivity contribution in [3.8, 4) is 0 Å². The van der Waals surface area contributed by atoms with Gasteiger partial charge in [-0.05, 0) is 59.7 Å². The Morgan fingerprint density at radius 3 is 2.65 bits per heavy atom. The van der Waals surface area contributed by atoms with Crippen molar-refractivity contribution in [1.82, 2.24) is 9.80 Å². The first-order chi connectivity index (χ1) is 16.5. The monoisotopic (exact) mass is 516 g/mol. The average Bonchev–Trinajstić information content (AvgIpc) is 3.32. The molecule has 0 radical (unpaired) electrons. The molecule has 178 valence electrons. The summed E-state index contributed by atoms with van der Waals surface area (Å²) >= 11 is 14.4. The predicted molar refractivity (Wildman–Crippen MR) is 137 cm³/mol. The minimum atomic E-state index is -0.320. The highest BCUT2D eigenvalue weighted by atomic mass is 35.5. The SMILES string of the molecule is COCCCN(CC(=O)N1CCc2sccc2C1c1ccc(Cl)cc1Cl)C(=O)c1ccccc1. The maximum Gasteiger partial charge on any atom is 0.254 e. The zero-order valence-electron chi connectivity index (χ0n) is 18.9. The number of halogens is 2. The molecule has 1 aromatic heterocycles. The Bertz CT molecular complexity index is 1150. The number of hydrogen-bond acceptors (Lipinski definition) is 4. The van der Waals surface area contributed by atoms with Crippen LogP contribution in [0.15, 0.2) is 60.0 Å². The van der Waals surface area contributed by atoms with Gasteiger partial charge in [0.2, 0.25) is 5.91 Å². The van der Waals surface area contributed by atoms with Crippen molar-refractivity contribution < 1.29 is 14.3 Å². The van der Waals surface area contributed by atoms with Crippen LogP contribution in [0.1, 0.15) is 38.8 Å². The Morgan fingerprint density at radius 1 is 1.12 bits per heavy atom. The molecule has 1 aliphatic rings. The van der Waals surface area contributed by atoms with E-state index in [1.54, 1.807) is 47.6 Å². The Hall–Kier alpha value is -2.38. The largest absolute Gasteiger partial charge is 0.385 e. The fourth-order valence-electron chi connectivity index (χ4n) is 4.31. The van der Waals surface area contributed by atoms with Crippen LogP contribution in [0.3, 0.4) is 0 Å². The molecule has 2 heterocycles. The normalized spacial score (nSPS) is 15.1. The summed E-state index contributed by atoms with van der Waals surface area (Å²) in [6.07, 6.45) is 1.42. The number of nitrogens with zero attached hydrogens (tertiary/aromatic N) is 2. The van der Waals surface area contributed by atoms with Crippen LogP contribution in [0, 0.1) is 0 Å². The second-order valence-corrected chi connectivity index (χ2v) is 9.99. The number of amides is 2. The lowest BCUT2D eigenvalue weighted by molar-refractivity contribution is -0.134. The molecule has 34 heavy (non-hydrogen) atoms. The minimum Gasteiger partial charge on any atom is -0.385 e. The summed E-state index contributed by atoms with van der Waals surface area (Å²) in [6, 6.07) is 16.2. The van der Waals surface area contributed by atoms with Gasteiger partial charge in [0.1, 0.15) is 6.54 Å². The summed E-state index contributed by atoms with van der Waals surface area (Å²) in [7, 11) is 1.63. The van der Waals surface area contributed by atoms with Crippen molar-refractivity contribution in [1.29, 1.82) is 0 Å². The number of thiophene rings is 1. The topological polar surface area (TPSA) is 49.9 Å². The van der Waals surface area contributed by atoms with E-state index in [1.807, 2.05) is 34.5 Å². The first-order valence-corrected chi connectivity index (χ1v) is 12.8. The summed E-state index contributed by atoms with van der Waals surface area (Å²) in [5.74, 6) is -0.283. The Morgan fingerprint density at radius 2 is 1.91 bits per heavy atom. The van der Waals surface area contributed by atoms with Gasteiger partial charge in [0.25, 0.3) is 5.91 Å². The van der Waals surface area contributed by atoms with E-state index in [1.165, 1.54) is 4.88 Å². The highest BCUT2D eigenvalue weighted by molar-refractivity contribution is 7.10. The van der Waals surface area contributed by atoms with E-state index in [9.17, 15) is 9.59 Å². The molecule has 1 unspecified atom stereocenters. The Balaban J connectivity index is 1.62. The molecule has 1 atom stereocenters. The number of hydrogen-bond donors (Lipinski definition) is 0. The first kappa shape index (κ1) is 24.7. The summed E-state index contributed by atoms with van der Waals surface area (Å²) in [4.78, 5) is 31.6. The lowest BCUT2D eigenvalue weighted by Crippen LogP contribution is -2.47. The summed E-state index contributed by atoms with van der Waals surface area (Å²) in [5.41, 5.74) is 2.47. The number of benzene rings is 2. The van der Waals surface area contributed by atoms with Crippen LogP contribution >= 0.6 is 34.5 Å². The average molecular weight is 517 g/mol. The number of ether oxygens (including phenoxy) is 1. The van der Waals surface area contributed by atoms with E-state index in [0.717, 1.165) is 17.5 Å². The minimum absolute atomic E-state index is 0.0153. The molecule has 0 fully saturated rings. The van der Waals surface area contributed by atoms with Crippen LogP contribution in [0.4, 0.5) is 0 Å². The fraction of sp³-hybridized carbons (Fsp3) is 0.308. The van der Waals surface area contributed by atoms with E-state index in [2.05, 4.69) is 6.07 Å². The first-order valence-electron chi connectivity index (χ1n) is 11.1. The molecule has 5 nitrogen and oxygen atoms in total. The third-order valence-corrected chi connectivity index (χ3v) is 7.51. The van der Waals surface area contributed by atoms with Crippen LogP contribution in [-0.2, 0) is 16.0 Å². The van der Waals surface area contributed by atoms with Crippen molar-refractivity contribution in [3.63, 3.8) is 0 Å². The van der Waals surface area contributed by atoms with Gasteiger partial charge in [0.15, 0.2) is 0 Å². The van der Waals surface area contributed by atoms with Crippen molar-refractivity contribution >= 4 is 46.4 Å². The fourth-order valence-corrected chi connectivity index (χ4v) is 5.73. The number of carbonyl (C=O) groups is 2. The van der Waals surface area contributed by atoms with Gasteiger partial charge in [0.05, 0.1) is 6.04 Å². The molecule has 0 saturated heterocycles. The second-order valence-electron chi connectivity index (χ2n) is 8.14. The molecular formula is C26H26Cl2N2O3S. The van der Waals surface area contributed by atoms with E-state index >= 15 is 0 Å². The lowest BCUT2D eigenvalue weighted by atomic mass is 9.93. The van der Waals surface area contributed by atoms with Crippen molar-refractivity contribution in [2.75, 3.05) is 33.4 Å². The summed E-state index contributed by atoms with van der Waals surface area (Å²) in [6.45, 7) is 1.48. The smallest absolute Gasteiger partial charge is 0.254 e. The van der Waals surface area contributed by atoms with E-state index < -0.39 is 0 Å². The number of rotatable bonds is 8. The van der Waals surface area contributed by atoms with Gasteiger partial charge < -0.3 is 14.5 Å². The molecular weight excluding hydrogens is 491 g/mol. The maximum atomic E-state index is 13.7. The number of methoxy groups -OCH3 is 1. The zero-order chi connectivity index (χ0) is 24.1. The molecule has 0 aliphatic carbocycles. The highest BCUT2D eigenvalue weighted by Crippen LogP contribution is 2.41. The van der Waals surface area contributed by atoms with E-state index in [4.69, 9.17) is 27.9 Å². The molecule has 2 aromatic carbocycles. The summed E-state index contributed by atoms with van der Waals surface area (Å²) in [5, 5.41) is 3.11. The maximum absolute atomic E-state index is 13.7. The molecule has 0 spiro atoms. The molecule has 0 bridgehead atoms. The third-order valence-electron chi connectivity index (χ3n) is 5.95. The van der Waals surface area contributed by atoms with Crippen LogP contribution in [-0.4, -0.2) is 55.0 Å². The standard InChI is InChI=1S/C26H26Cl2N2O3S/c1-33-14-5-12-29(26(32)18-6-3-2-4-7-18)17-24(31)30-13-10-23-21(11-15-34-23)25(30)20-9-8-19(27)16-22(20)28/h2-4,6-9,11,15-16,25H,5,10,12-14,17H2,1H3.